The highest BCUT2D eigenvalue weighted by Crippen LogP contribution is 2.22. The second kappa shape index (κ2) is 12.3. The fourth-order valence-corrected chi connectivity index (χ4v) is 3.65. The Morgan fingerprint density at radius 2 is 1.52 bits per heavy atom. The van der Waals surface area contributed by atoms with Gasteiger partial charge in [0.1, 0.15) is 0 Å². The third kappa shape index (κ3) is 9.69. The van der Waals surface area contributed by atoms with Crippen molar-refractivity contribution in [3.8, 4) is 0 Å². The first kappa shape index (κ1) is 20.9. The first-order valence-electron chi connectivity index (χ1n) is 10.1. The van der Waals surface area contributed by atoms with Crippen molar-refractivity contribution in [3.63, 3.8) is 0 Å². The number of hydrogen-bond donors (Lipinski definition) is 1. The molecule has 0 saturated carbocycles. The average Bonchev–Trinajstić information content (AvgIpc) is 2.70. The third-order valence-corrected chi connectivity index (χ3v) is 5.03. The van der Waals surface area contributed by atoms with Gasteiger partial charge >= 0.3 is 0 Å². The number of β-amino-alcohol motifs (C(OH)–C–C–N with tert-alkyl or cyclic N) is 1. The fourth-order valence-electron chi connectivity index (χ4n) is 3.65. The van der Waals surface area contributed by atoms with Crippen LogP contribution >= 0.6 is 0 Å². The summed E-state index contributed by atoms with van der Waals surface area (Å²) in [6, 6.07) is 0.627. The van der Waals surface area contributed by atoms with E-state index in [0.717, 1.165) is 19.7 Å². The Bertz CT molecular complexity index is 281. The highest BCUT2D eigenvalue weighted by Gasteiger charge is 2.30. The van der Waals surface area contributed by atoms with Crippen molar-refractivity contribution >= 4 is 0 Å². The van der Waals surface area contributed by atoms with E-state index in [1.54, 1.807) is 0 Å². The van der Waals surface area contributed by atoms with Gasteiger partial charge in [-0.25, -0.2) is 0 Å². The molecule has 0 aromatic heterocycles. The summed E-state index contributed by atoms with van der Waals surface area (Å²) in [7, 11) is 0. The quantitative estimate of drug-likeness (QED) is 0.524. The summed E-state index contributed by atoms with van der Waals surface area (Å²) in [6.45, 7) is 9.44. The summed E-state index contributed by atoms with van der Waals surface area (Å²) in [5.41, 5.74) is -0.694. The number of aliphatic hydroxyl groups is 1. The molecule has 1 aliphatic heterocycles. The van der Waals surface area contributed by atoms with Crippen molar-refractivity contribution in [1.82, 2.24) is 4.90 Å². The maximum atomic E-state index is 10.5. The minimum absolute atomic E-state index is 0.475. The van der Waals surface area contributed by atoms with Crippen molar-refractivity contribution in [2.75, 3.05) is 26.3 Å². The number of unbranched alkanes of at least 4 members (excludes halogenated alkanes) is 7. The highest BCUT2D eigenvalue weighted by molar-refractivity contribution is 4.84. The van der Waals surface area contributed by atoms with Crippen LogP contribution in [-0.4, -0.2) is 48.0 Å². The van der Waals surface area contributed by atoms with Gasteiger partial charge in [-0.3, -0.25) is 4.90 Å². The van der Waals surface area contributed by atoms with Gasteiger partial charge in [0.2, 0.25) is 0 Å². The Kier molecular flexibility index (Phi) is 11.2. The first-order chi connectivity index (χ1) is 11.1. The molecule has 0 radical (unpaired) electrons. The molecule has 0 aliphatic carbocycles. The monoisotopic (exact) mass is 327 g/mol. The molecule has 0 unspecified atom stereocenters. The lowest BCUT2D eigenvalue weighted by molar-refractivity contribution is -0.0263. The molecule has 23 heavy (non-hydrogen) atoms. The number of nitrogens with zero attached hydrogens (tertiary/aromatic N) is 1. The van der Waals surface area contributed by atoms with Crippen molar-refractivity contribution in [2.45, 2.75) is 103 Å². The van der Waals surface area contributed by atoms with Crippen LogP contribution in [-0.2, 0) is 4.74 Å². The Morgan fingerprint density at radius 3 is 2.13 bits per heavy atom. The average molecular weight is 328 g/mol. The lowest BCUT2D eigenvalue weighted by Gasteiger charge is -2.34. The molecule has 0 aromatic carbocycles. The fraction of sp³-hybridized carbons (Fsp3) is 1.00. The van der Waals surface area contributed by atoms with E-state index >= 15 is 0 Å². The van der Waals surface area contributed by atoms with Gasteiger partial charge < -0.3 is 9.84 Å². The zero-order valence-electron chi connectivity index (χ0n) is 16.0. The lowest BCUT2D eigenvalue weighted by Crippen LogP contribution is -2.46. The van der Waals surface area contributed by atoms with Gasteiger partial charge in [-0.1, -0.05) is 71.6 Å². The number of hydrogen-bond acceptors (Lipinski definition) is 3. The van der Waals surface area contributed by atoms with E-state index in [2.05, 4.69) is 18.7 Å². The standard InChI is InChI=1S/C20H41NO2/c1-4-6-8-10-12-14-19(13-11-9-7-5-2)21-15-16-23-18-20(3,22)17-21/h19,22H,4-18H2,1-3H3/t19-,20+/m0/s1. The van der Waals surface area contributed by atoms with Crippen molar-refractivity contribution in [1.29, 1.82) is 0 Å². The van der Waals surface area contributed by atoms with Crippen LogP contribution in [0.3, 0.4) is 0 Å². The summed E-state index contributed by atoms with van der Waals surface area (Å²) in [5.74, 6) is 0. The van der Waals surface area contributed by atoms with E-state index in [1.807, 2.05) is 6.92 Å². The molecule has 1 N–H and O–H groups in total. The molecule has 0 bridgehead atoms. The van der Waals surface area contributed by atoms with Gasteiger partial charge in [0.05, 0.1) is 18.8 Å². The van der Waals surface area contributed by atoms with Crippen molar-refractivity contribution in [2.24, 2.45) is 0 Å². The third-order valence-electron chi connectivity index (χ3n) is 5.03. The molecule has 3 heteroatoms. The molecule has 0 spiro atoms. The molecule has 0 aromatic rings. The molecule has 2 atom stereocenters. The van der Waals surface area contributed by atoms with Gasteiger partial charge in [0, 0.05) is 19.1 Å². The van der Waals surface area contributed by atoms with E-state index < -0.39 is 5.60 Å². The smallest absolute Gasteiger partial charge is 0.0978 e. The summed E-state index contributed by atoms with van der Waals surface area (Å²) in [5, 5.41) is 10.5. The summed E-state index contributed by atoms with van der Waals surface area (Å²) in [4.78, 5) is 2.51. The minimum Gasteiger partial charge on any atom is -0.386 e. The van der Waals surface area contributed by atoms with Crippen LogP contribution in [0.1, 0.15) is 91.4 Å². The van der Waals surface area contributed by atoms with Crippen LogP contribution in [0.25, 0.3) is 0 Å². The van der Waals surface area contributed by atoms with E-state index in [1.165, 1.54) is 70.6 Å². The predicted molar refractivity (Wildman–Crippen MR) is 98.9 cm³/mol. The molecule has 0 amide bonds. The van der Waals surface area contributed by atoms with E-state index in [9.17, 15) is 5.11 Å². The zero-order valence-corrected chi connectivity index (χ0v) is 16.0. The Hall–Kier alpha value is -0.120. The summed E-state index contributed by atoms with van der Waals surface area (Å²) in [6.07, 6.45) is 14.6. The van der Waals surface area contributed by atoms with Crippen LogP contribution < -0.4 is 0 Å². The second-order valence-corrected chi connectivity index (χ2v) is 7.73. The number of rotatable bonds is 12. The molecule has 1 saturated heterocycles. The van der Waals surface area contributed by atoms with Crippen LogP contribution in [0, 0.1) is 0 Å². The van der Waals surface area contributed by atoms with Crippen LogP contribution in [0.4, 0.5) is 0 Å². The predicted octanol–water partition coefficient (Wildman–Crippen LogP) is 4.77. The number of ether oxygens (including phenoxy) is 1. The minimum atomic E-state index is -0.694. The van der Waals surface area contributed by atoms with Gasteiger partial charge in [-0.2, -0.15) is 0 Å². The zero-order chi connectivity index (χ0) is 17.0. The maximum absolute atomic E-state index is 10.5. The van der Waals surface area contributed by atoms with E-state index in [4.69, 9.17) is 4.74 Å². The molecule has 1 aliphatic rings. The Morgan fingerprint density at radius 1 is 0.957 bits per heavy atom. The van der Waals surface area contributed by atoms with Crippen LogP contribution in [0.2, 0.25) is 0 Å². The van der Waals surface area contributed by atoms with Gasteiger partial charge in [-0.05, 0) is 19.8 Å². The van der Waals surface area contributed by atoms with Crippen LogP contribution in [0.5, 0.6) is 0 Å². The first-order valence-corrected chi connectivity index (χ1v) is 10.1. The summed E-state index contributed by atoms with van der Waals surface area (Å²) >= 11 is 0. The van der Waals surface area contributed by atoms with Gasteiger partial charge in [-0.15, -0.1) is 0 Å². The molecule has 1 fully saturated rings. The molecule has 3 nitrogen and oxygen atoms in total. The molecule has 1 heterocycles. The second-order valence-electron chi connectivity index (χ2n) is 7.73. The topological polar surface area (TPSA) is 32.7 Å². The maximum Gasteiger partial charge on any atom is 0.0978 e. The normalized spacial score (nSPS) is 24.5. The molecule has 1 rings (SSSR count). The Balaban J connectivity index is 2.46. The van der Waals surface area contributed by atoms with E-state index in [0.29, 0.717) is 12.6 Å². The SMILES string of the molecule is CCCCCCC[C@H](CCCCCC)N1CCOC[C@](C)(O)C1. The lowest BCUT2D eigenvalue weighted by atomic mass is 9.97. The van der Waals surface area contributed by atoms with Crippen LogP contribution in [0.15, 0.2) is 0 Å². The summed E-state index contributed by atoms with van der Waals surface area (Å²) < 4.78 is 5.60. The van der Waals surface area contributed by atoms with Crippen molar-refractivity contribution < 1.29 is 9.84 Å². The Labute approximate surface area is 144 Å². The molecular weight excluding hydrogens is 286 g/mol. The molecular formula is C20H41NO2. The highest BCUT2D eigenvalue weighted by atomic mass is 16.5. The van der Waals surface area contributed by atoms with Crippen molar-refractivity contribution in [3.05, 3.63) is 0 Å². The van der Waals surface area contributed by atoms with E-state index in [-0.39, 0.29) is 0 Å². The van der Waals surface area contributed by atoms with Gasteiger partial charge in [0.25, 0.3) is 0 Å². The molecule has 138 valence electrons. The van der Waals surface area contributed by atoms with Gasteiger partial charge in [0.15, 0.2) is 0 Å². The largest absolute Gasteiger partial charge is 0.386 e.